The molecule has 0 aliphatic carbocycles. The molecule has 0 spiro atoms. The Kier molecular flexibility index (Phi) is 3.58. The van der Waals surface area contributed by atoms with E-state index in [9.17, 15) is 4.79 Å². The Balaban J connectivity index is 2.56. The Hall–Kier alpha value is -2.15. The van der Waals surface area contributed by atoms with Crippen LogP contribution in [-0.2, 0) is 4.79 Å². The van der Waals surface area contributed by atoms with Gasteiger partial charge >= 0.3 is 0 Å². The van der Waals surface area contributed by atoms with Gasteiger partial charge in [0.2, 0.25) is 5.88 Å². The summed E-state index contributed by atoms with van der Waals surface area (Å²) in [4.78, 5) is 15.0. The van der Waals surface area contributed by atoms with Gasteiger partial charge < -0.3 is 4.74 Å². The molecular weight excluding hydrogens is 192 g/mol. The van der Waals surface area contributed by atoms with Crippen LogP contribution >= 0.6 is 0 Å². The van der Waals surface area contributed by atoms with Crippen LogP contribution in [0.2, 0.25) is 0 Å². The Labute approximate surface area is 87.8 Å². The Morgan fingerprint density at radius 1 is 1.67 bits per heavy atom. The summed E-state index contributed by atoms with van der Waals surface area (Å²) in [7, 11) is 0. The van der Waals surface area contributed by atoms with E-state index in [4.69, 9.17) is 10.00 Å². The van der Waals surface area contributed by atoms with Crippen LogP contribution in [0.15, 0.2) is 30.5 Å². The molecule has 1 aromatic rings. The Morgan fingerprint density at radius 3 is 2.87 bits per heavy atom. The van der Waals surface area contributed by atoms with Crippen LogP contribution in [0, 0.1) is 11.3 Å². The summed E-state index contributed by atoms with van der Waals surface area (Å²) in [5, 5.41) is 8.52. The number of hydrogen-bond acceptors (Lipinski definition) is 4. The molecule has 0 amide bonds. The van der Waals surface area contributed by atoms with Crippen molar-refractivity contribution in [2.45, 2.75) is 6.92 Å². The highest BCUT2D eigenvalue weighted by Gasteiger charge is 2.03. The van der Waals surface area contributed by atoms with E-state index in [1.165, 1.54) is 6.20 Å². The first-order chi connectivity index (χ1) is 7.13. The van der Waals surface area contributed by atoms with Gasteiger partial charge in [-0.1, -0.05) is 6.58 Å². The smallest absolute Gasteiger partial charge is 0.213 e. The fourth-order valence-corrected chi connectivity index (χ4v) is 0.795. The van der Waals surface area contributed by atoms with Crippen LogP contribution in [-0.4, -0.2) is 17.4 Å². The van der Waals surface area contributed by atoms with Crippen LogP contribution in [0.25, 0.3) is 0 Å². The first-order valence-corrected chi connectivity index (χ1v) is 4.31. The van der Waals surface area contributed by atoms with Crippen molar-refractivity contribution in [1.82, 2.24) is 4.98 Å². The van der Waals surface area contributed by atoms with Crippen LogP contribution in [0.1, 0.15) is 12.5 Å². The standard InChI is InChI=1S/C11H10N2O2/c1-8(2)10(14)7-15-11-4-3-9(5-12)6-13-11/h3-4,6H,1,7H2,2H3. The monoisotopic (exact) mass is 202 g/mol. The summed E-state index contributed by atoms with van der Waals surface area (Å²) in [6, 6.07) is 5.06. The number of pyridine rings is 1. The van der Waals surface area contributed by atoms with E-state index in [-0.39, 0.29) is 12.4 Å². The number of carbonyl (C=O) groups excluding carboxylic acids is 1. The summed E-state index contributed by atoms with van der Waals surface area (Å²) in [6.07, 6.45) is 1.39. The van der Waals surface area contributed by atoms with Crippen molar-refractivity contribution in [1.29, 1.82) is 5.26 Å². The predicted molar refractivity (Wildman–Crippen MR) is 54.3 cm³/mol. The lowest BCUT2D eigenvalue weighted by Crippen LogP contribution is -2.12. The van der Waals surface area contributed by atoms with E-state index in [1.807, 2.05) is 6.07 Å². The third kappa shape index (κ3) is 3.24. The number of ether oxygens (including phenoxy) is 1. The number of Topliss-reactive ketones (excluding diaryl/α,β-unsaturated/α-hetero) is 1. The number of carbonyl (C=O) groups is 1. The first kappa shape index (κ1) is 10.9. The van der Waals surface area contributed by atoms with Crippen LogP contribution in [0.3, 0.4) is 0 Å². The van der Waals surface area contributed by atoms with Crippen molar-refractivity contribution < 1.29 is 9.53 Å². The lowest BCUT2D eigenvalue weighted by Gasteiger charge is -2.03. The zero-order chi connectivity index (χ0) is 11.3. The summed E-state index contributed by atoms with van der Waals surface area (Å²) in [5.74, 6) is 0.157. The van der Waals surface area contributed by atoms with Crippen molar-refractivity contribution >= 4 is 5.78 Å². The second-order valence-corrected chi connectivity index (χ2v) is 2.99. The molecule has 0 bridgehead atoms. The minimum absolute atomic E-state index is 0.0752. The maximum atomic E-state index is 11.1. The fourth-order valence-electron chi connectivity index (χ4n) is 0.795. The first-order valence-electron chi connectivity index (χ1n) is 4.31. The molecule has 0 radical (unpaired) electrons. The average molecular weight is 202 g/mol. The largest absolute Gasteiger partial charge is 0.469 e. The van der Waals surface area contributed by atoms with Gasteiger partial charge in [0, 0.05) is 12.3 Å². The van der Waals surface area contributed by atoms with Gasteiger partial charge in [-0.25, -0.2) is 4.98 Å². The minimum Gasteiger partial charge on any atom is -0.469 e. The maximum absolute atomic E-state index is 11.1. The molecular formula is C11H10N2O2. The van der Waals surface area contributed by atoms with Gasteiger partial charge in [-0.2, -0.15) is 5.26 Å². The molecule has 0 aromatic carbocycles. The van der Waals surface area contributed by atoms with Crippen LogP contribution in [0.5, 0.6) is 5.88 Å². The fraction of sp³-hybridized carbons (Fsp3) is 0.182. The van der Waals surface area contributed by atoms with E-state index in [0.717, 1.165) is 0 Å². The van der Waals surface area contributed by atoms with Crippen molar-refractivity contribution in [3.63, 3.8) is 0 Å². The molecule has 4 nitrogen and oxygen atoms in total. The second-order valence-electron chi connectivity index (χ2n) is 2.99. The van der Waals surface area contributed by atoms with E-state index >= 15 is 0 Å². The van der Waals surface area contributed by atoms with Crippen molar-refractivity contribution in [2.75, 3.05) is 6.61 Å². The summed E-state index contributed by atoms with van der Waals surface area (Å²) in [5.41, 5.74) is 0.900. The highest BCUT2D eigenvalue weighted by Crippen LogP contribution is 2.07. The molecule has 1 aromatic heterocycles. The van der Waals surface area contributed by atoms with Crippen molar-refractivity contribution in [3.8, 4) is 11.9 Å². The van der Waals surface area contributed by atoms with E-state index in [2.05, 4.69) is 11.6 Å². The SMILES string of the molecule is C=C(C)C(=O)COc1ccc(C#N)cn1. The third-order valence-electron chi connectivity index (χ3n) is 1.69. The number of aromatic nitrogens is 1. The molecule has 76 valence electrons. The molecule has 0 N–H and O–H groups in total. The number of nitrogens with zero attached hydrogens (tertiary/aromatic N) is 2. The molecule has 0 aliphatic rings. The lowest BCUT2D eigenvalue weighted by atomic mass is 10.2. The zero-order valence-corrected chi connectivity index (χ0v) is 8.36. The molecule has 0 atom stereocenters. The predicted octanol–water partition coefficient (Wildman–Crippen LogP) is 1.48. The van der Waals surface area contributed by atoms with Gasteiger partial charge in [0.1, 0.15) is 6.07 Å². The third-order valence-corrected chi connectivity index (χ3v) is 1.69. The molecule has 0 fully saturated rings. The zero-order valence-electron chi connectivity index (χ0n) is 8.36. The Bertz CT molecular complexity index is 415. The lowest BCUT2D eigenvalue weighted by molar-refractivity contribution is -0.117. The van der Waals surface area contributed by atoms with Crippen molar-refractivity contribution in [3.05, 3.63) is 36.0 Å². The normalized spacial score (nSPS) is 9.07. The maximum Gasteiger partial charge on any atom is 0.213 e. The summed E-state index contributed by atoms with van der Waals surface area (Å²) < 4.78 is 5.10. The molecule has 0 saturated carbocycles. The van der Waals surface area contributed by atoms with Crippen LogP contribution in [0.4, 0.5) is 0 Å². The van der Waals surface area contributed by atoms with E-state index in [1.54, 1.807) is 19.1 Å². The van der Waals surface area contributed by atoms with Gasteiger partial charge in [0.25, 0.3) is 0 Å². The Morgan fingerprint density at radius 2 is 2.40 bits per heavy atom. The summed E-state index contributed by atoms with van der Waals surface area (Å²) in [6.45, 7) is 5.05. The minimum atomic E-state index is -0.166. The number of hydrogen-bond donors (Lipinski definition) is 0. The topological polar surface area (TPSA) is 63.0 Å². The molecule has 0 saturated heterocycles. The van der Waals surface area contributed by atoms with Gasteiger partial charge in [-0.05, 0) is 18.6 Å². The van der Waals surface area contributed by atoms with E-state index < -0.39 is 0 Å². The molecule has 4 heteroatoms. The van der Waals surface area contributed by atoms with Gasteiger partial charge in [0.15, 0.2) is 12.4 Å². The number of nitriles is 1. The van der Waals surface area contributed by atoms with Crippen LogP contribution < -0.4 is 4.74 Å². The molecule has 1 heterocycles. The molecule has 0 aliphatic heterocycles. The van der Waals surface area contributed by atoms with Gasteiger partial charge in [-0.15, -0.1) is 0 Å². The number of ketones is 1. The molecule has 15 heavy (non-hydrogen) atoms. The molecule has 1 rings (SSSR count). The van der Waals surface area contributed by atoms with Gasteiger partial charge in [0.05, 0.1) is 5.56 Å². The highest BCUT2D eigenvalue weighted by atomic mass is 16.5. The summed E-state index contributed by atoms with van der Waals surface area (Å²) >= 11 is 0. The van der Waals surface area contributed by atoms with Crippen molar-refractivity contribution in [2.24, 2.45) is 0 Å². The van der Waals surface area contributed by atoms with Gasteiger partial charge in [-0.3, -0.25) is 4.79 Å². The number of rotatable bonds is 4. The quantitative estimate of drug-likeness (QED) is 0.693. The highest BCUT2D eigenvalue weighted by molar-refractivity contribution is 5.95. The average Bonchev–Trinajstić information content (AvgIpc) is 2.26. The van der Waals surface area contributed by atoms with E-state index in [0.29, 0.717) is 17.0 Å². The molecule has 0 unspecified atom stereocenters. The second kappa shape index (κ2) is 4.91.